The van der Waals surface area contributed by atoms with E-state index in [1.165, 1.54) is 11.9 Å². The smallest absolute Gasteiger partial charge is 0.279 e. The minimum atomic E-state index is -0.510. The second-order valence-corrected chi connectivity index (χ2v) is 8.55. The van der Waals surface area contributed by atoms with E-state index in [2.05, 4.69) is 10.6 Å². The lowest BCUT2D eigenvalue weighted by Gasteiger charge is -2.18. The molecule has 1 atom stereocenters. The van der Waals surface area contributed by atoms with Crippen molar-refractivity contribution in [3.8, 4) is 5.75 Å². The zero-order valence-corrected chi connectivity index (χ0v) is 18.1. The third-order valence-electron chi connectivity index (χ3n) is 4.53. The molecule has 0 aliphatic carbocycles. The standard InChI is InChI=1S/C19H22N4O4S2/c1-5-10(12-7-6-8-28-12)20-13-14(18(26)23(4)17(13)25)21-11-9-29-16(15(11)24)19(27)22(2)3/h6-10,20-21,24H,5H2,1-4H3/t10-/m1/s1. The molecular weight excluding hydrogens is 412 g/mol. The van der Waals surface area contributed by atoms with Crippen molar-refractivity contribution in [2.24, 2.45) is 0 Å². The largest absolute Gasteiger partial charge is 0.504 e. The first-order valence-electron chi connectivity index (χ1n) is 8.91. The van der Waals surface area contributed by atoms with Crippen molar-refractivity contribution < 1.29 is 19.5 Å². The highest BCUT2D eigenvalue weighted by molar-refractivity contribution is 7.13. The van der Waals surface area contributed by atoms with Gasteiger partial charge in [-0.25, -0.2) is 0 Å². The third kappa shape index (κ3) is 3.85. The number of thiophene rings is 2. The quantitative estimate of drug-likeness (QED) is 0.579. The van der Waals surface area contributed by atoms with Crippen LogP contribution in [0.15, 0.2) is 34.3 Å². The fraction of sp³-hybridized carbons (Fsp3) is 0.316. The molecule has 154 valence electrons. The lowest BCUT2D eigenvalue weighted by molar-refractivity contribution is -0.136. The Morgan fingerprint density at radius 3 is 2.52 bits per heavy atom. The van der Waals surface area contributed by atoms with Crippen LogP contribution in [-0.2, 0) is 9.59 Å². The van der Waals surface area contributed by atoms with Gasteiger partial charge in [-0.05, 0) is 17.9 Å². The predicted octanol–water partition coefficient (Wildman–Crippen LogP) is 2.58. The number of imide groups is 1. The maximum absolute atomic E-state index is 12.7. The summed E-state index contributed by atoms with van der Waals surface area (Å²) in [4.78, 5) is 41.0. The van der Waals surface area contributed by atoms with Crippen molar-refractivity contribution >= 4 is 46.1 Å². The molecule has 0 spiro atoms. The maximum atomic E-state index is 12.7. The van der Waals surface area contributed by atoms with Crippen LogP contribution in [0.3, 0.4) is 0 Å². The number of nitrogens with zero attached hydrogens (tertiary/aromatic N) is 2. The van der Waals surface area contributed by atoms with Crippen LogP contribution in [0.1, 0.15) is 33.9 Å². The van der Waals surface area contributed by atoms with Crippen molar-refractivity contribution in [3.63, 3.8) is 0 Å². The number of carbonyl (C=O) groups excluding carboxylic acids is 3. The number of likely N-dealkylation sites (N-methyl/N-ethyl adjacent to an activating group) is 1. The van der Waals surface area contributed by atoms with Crippen LogP contribution in [0.25, 0.3) is 0 Å². The van der Waals surface area contributed by atoms with Crippen molar-refractivity contribution in [3.05, 3.63) is 44.0 Å². The molecule has 0 bridgehead atoms. The molecule has 8 nitrogen and oxygen atoms in total. The second-order valence-electron chi connectivity index (χ2n) is 6.69. The molecule has 3 amide bonds. The van der Waals surface area contributed by atoms with E-state index in [-0.39, 0.29) is 39.7 Å². The fourth-order valence-corrected chi connectivity index (χ4v) is 4.63. The van der Waals surface area contributed by atoms with Crippen molar-refractivity contribution in [2.75, 3.05) is 26.5 Å². The van der Waals surface area contributed by atoms with Crippen LogP contribution in [0.4, 0.5) is 5.69 Å². The summed E-state index contributed by atoms with van der Waals surface area (Å²) in [5.41, 5.74) is 0.392. The highest BCUT2D eigenvalue weighted by Gasteiger charge is 2.38. The predicted molar refractivity (Wildman–Crippen MR) is 113 cm³/mol. The highest BCUT2D eigenvalue weighted by atomic mass is 32.1. The Hall–Kier alpha value is -2.85. The lowest BCUT2D eigenvalue weighted by atomic mass is 10.1. The Bertz CT molecular complexity index is 979. The minimum absolute atomic E-state index is 0.0458. The van der Waals surface area contributed by atoms with Gasteiger partial charge in [0.25, 0.3) is 17.7 Å². The zero-order chi connectivity index (χ0) is 21.3. The number of amides is 3. The van der Waals surface area contributed by atoms with E-state index in [1.807, 2.05) is 24.4 Å². The molecule has 0 unspecified atom stereocenters. The molecule has 0 radical (unpaired) electrons. The van der Waals surface area contributed by atoms with Crippen LogP contribution in [0.5, 0.6) is 5.75 Å². The highest BCUT2D eigenvalue weighted by Crippen LogP contribution is 2.37. The second kappa shape index (κ2) is 8.26. The maximum Gasteiger partial charge on any atom is 0.279 e. The van der Waals surface area contributed by atoms with Crippen molar-refractivity contribution in [2.45, 2.75) is 19.4 Å². The van der Waals surface area contributed by atoms with Gasteiger partial charge in [0.2, 0.25) is 0 Å². The Labute approximate surface area is 176 Å². The van der Waals surface area contributed by atoms with Gasteiger partial charge in [0.1, 0.15) is 16.3 Å². The first-order valence-corrected chi connectivity index (χ1v) is 10.7. The number of anilines is 1. The lowest BCUT2D eigenvalue weighted by Crippen LogP contribution is -2.31. The first-order chi connectivity index (χ1) is 13.8. The fourth-order valence-electron chi connectivity index (χ4n) is 2.86. The number of rotatable bonds is 7. The van der Waals surface area contributed by atoms with Crippen LogP contribution in [0, 0.1) is 0 Å². The molecule has 2 aromatic heterocycles. The van der Waals surface area contributed by atoms with Gasteiger partial charge in [0.15, 0.2) is 5.75 Å². The van der Waals surface area contributed by atoms with Crippen LogP contribution < -0.4 is 10.6 Å². The third-order valence-corrected chi connectivity index (χ3v) is 6.47. The van der Waals surface area contributed by atoms with E-state index in [9.17, 15) is 19.5 Å². The summed E-state index contributed by atoms with van der Waals surface area (Å²) in [6.07, 6.45) is 0.716. The Balaban J connectivity index is 1.95. The monoisotopic (exact) mass is 434 g/mol. The molecule has 2 aromatic rings. The van der Waals surface area contributed by atoms with Crippen LogP contribution >= 0.6 is 22.7 Å². The van der Waals surface area contributed by atoms with E-state index < -0.39 is 11.8 Å². The molecular formula is C19H22N4O4S2. The van der Waals surface area contributed by atoms with Crippen molar-refractivity contribution in [1.29, 1.82) is 0 Å². The molecule has 0 saturated heterocycles. The SMILES string of the molecule is CC[C@@H](NC1=C(Nc2csc(C(=O)N(C)C)c2O)C(=O)N(C)C1=O)c1cccs1. The molecule has 3 N–H and O–H groups in total. The molecule has 29 heavy (non-hydrogen) atoms. The van der Waals surface area contributed by atoms with Gasteiger partial charge in [-0.1, -0.05) is 13.0 Å². The van der Waals surface area contributed by atoms with E-state index in [1.54, 1.807) is 30.8 Å². The zero-order valence-electron chi connectivity index (χ0n) is 16.5. The number of aromatic hydroxyl groups is 1. The minimum Gasteiger partial charge on any atom is -0.504 e. The molecule has 1 aliphatic heterocycles. The normalized spacial score (nSPS) is 15.1. The molecule has 0 aromatic carbocycles. The van der Waals surface area contributed by atoms with Gasteiger partial charge in [0, 0.05) is 31.4 Å². The van der Waals surface area contributed by atoms with Gasteiger partial charge < -0.3 is 20.6 Å². The van der Waals surface area contributed by atoms with Crippen molar-refractivity contribution in [1.82, 2.24) is 15.1 Å². The Kier molecular flexibility index (Phi) is 5.94. The van der Waals surface area contributed by atoms with Gasteiger partial charge in [0.05, 0.1) is 11.7 Å². The number of hydrogen-bond acceptors (Lipinski definition) is 8. The first kappa shape index (κ1) is 20.9. The van der Waals surface area contributed by atoms with Gasteiger partial charge in [-0.3, -0.25) is 19.3 Å². The van der Waals surface area contributed by atoms with E-state index >= 15 is 0 Å². The summed E-state index contributed by atoms with van der Waals surface area (Å²) in [7, 11) is 4.58. The van der Waals surface area contributed by atoms with Gasteiger partial charge in [-0.15, -0.1) is 22.7 Å². The van der Waals surface area contributed by atoms with Crippen LogP contribution in [0.2, 0.25) is 0 Å². The molecule has 3 heterocycles. The van der Waals surface area contributed by atoms with E-state index in [0.717, 1.165) is 21.1 Å². The topological polar surface area (TPSA) is 102 Å². The molecule has 1 aliphatic rings. The van der Waals surface area contributed by atoms with E-state index in [4.69, 9.17) is 0 Å². The molecule has 0 fully saturated rings. The van der Waals surface area contributed by atoms with Gasteiger partial charge in [-0.2, -0.15) is 0 Å². The summed E-state index contributed by atoms with van der Waals surface area (Å²) in [6, 6.07) is 3.76. The van der Waals surface area contributed by atoms with Crippen LogP contribution in [-0.4, -0.2) is 53.8 Å². The average Bonchev–Trinajstić information content (AvgIpc) is 3.39. The summed E-state index contributed by atoms with van der Waals surface area (Å²) in [5.74, 6) is -1.56. The Morgan fingerprint density at radius 1 is 1.24 bits per heavy atom. The number of hydrogen-bond donors (Lipinski definition) is 3. The van der Waals surface area contributed by atoms with E-state index in [0.29, 0.717) is 6.42 Å². The summed E-state index contributed by atoms with van der Waals surface area (Å²) < 4.78 is 0. The number of nitrogens with one attached hydrogen (secondary N) is 2. The average molecular weight is 435 g/mol. The Morgan fingerprint density at radius 2 is 1.93 bits per heavy atom. The molecule has 0 saturated carbocycles. The summed E-state index contributed by atoms with van der Waals surface area (Å²) in [6.45, 7) is 1.99. The molecule has 3 rings (SSSR count). The molecule has 10 heteroatoms. The summed E-state index contributed by atoms with van der Waals surface area (Å²) in [5, 5.41) is 20.0. The van der Waals surface area contributed by atoms with Gasteiger partial charge >= 0.3 is 0 Å². The summed E-state index contributed by atoms with van der Waals surface area (Å²) >= 11 is 2.62. The number of carbonyl (C=O) groups is 3.